The highest BCUT2D eigenvalue weighted by Crippen LogP contribution is 2.26. The van der Waals surface area contributed by atoms with Gasteiger partial charge in [0.15, 0.2) is 16.5 Å². The highest BCUT2D eigenvalue weighted by Gasteiger charge is 2.17. The molecule has 4 aromatic rings. The van der Waals surface area contributed by atoms with Gasteiger partial charge in [-0.15, -0.1) is 0 Å². The van der Waals surface area contributed by atoms with Gasteiger partial charge in [-0.3, -0.25) is 4.79 Å². The quantitative estimate of drug-likeness (QED) is 0.290. The van der Waals surface area contributed by atoms with Crippen molar-refractivity contribution in [3.63, 3.8) is 0 Å². The molecule has 0 atom stereocenters. The van der Waals surface area contributed by atoms with E-state index in [1.54, 1.807) is 4.52 Å². The molecule has 0 amide bonds. The minimum Gasteiger partial charge on any atom is -0.265 e. The lowest BCUT2D eigenvalue weighted by atomic mass is 9.86. The van der Waals surface area contributed by atoms with Gasteiger partial charge in [0, 0.05) is 10.9 Å². The Bertz CT molecular complexity index is 1310. The molecule has 2 heterocycles. The molecule has 0 fully saturated rings. The summed E-state index contributed by atoms with van der Waals surface area (Å²) in [5.74, 6) is 0.226. The first kappa shape index (κ1) is 19.1. The van der Waals surface area contributed by atoms with Crippen LogP contribution in [0.3, 0.4) is 0 Å². The molecule has 0 spiro atoms. The van der Waals surface area contributed by atoms with Gasteiger partial charge in [-0.25, -0.2) is 4.98 Å². The summed E-state index contributed by atoms with van der Waals surface area (Å²) < 4.78 is 1.57. The van der Waals surface area contributed by atoms with Crippen LogP contribution < -0.4 is 5.56 Å². The minimum atomic E-state index is -0.388. The summed E-state index contributed by atoms with van der Waals surface area (Å²) in [5.41, 5.74) is 2.93. The lowest BCUT2D eigenvalue weighted by molar-refractivity contribution is 0.590. The van der Waals surface area contributed by atoms with Gasteiger partial charge < -0.3 is 0 Å². The van der Waals surface area contributed by atoms with E-state index in [0.29, 0.717) is 21.9 Å². The molecule has 7 heteroatoms. The van der Waals surface area contributed by atoms with Crippen molar-refractivity contribution in [2.24, 2.45) is 0 Å². The lowest BCUT2D eigenvalue weighted by Crippen LogP contribution is -2.18. The topological polar surface area (TPSA) is 83.9 Å². The molecular formula is C22H19N5OS. The number of para-hydroxylation sites is 1. The molecule has 0 saturated heterocycles. The number of rotatable bonds is 3. The summed E-state index contributed by atoms with van der Waals surface area (Å²) in [5, 5.41) is 14.8. The Balaban J connectivity index is 1.95. The van der Waals surface area contributed by atoms with Gasteiger partial charge in [0.25, 0.3) is 5.56 Å². The number of hydrogen-bond donors (Lipinski definition) is 0. The van der Waals surface area contributed by atoms with Crippen LogP contribution in [-0.4, -0.2) is 25.3 Å². The molecule has 0 aliphatic heterocycles. The molecule has 0 aliphatic carbocycles. The van der Waals surface area contributed by atoms with E-state index in [1.807, 2.05) is 48.5 Å². The van der Waals surface area contributed by atoms with Gasteiger partial charge >= 0.3 is 0 Å². The molecule has 4 rings (SSSR count). The maximum Gasteiger partial charge on any atom is 0.300 e. The molecule has 6 nitrogen and oxygen atoms in total. The first-order valence-electron chi connectivity index (χ1n) is 9.19. The second-order valence-corrected chi connectivity index (χ2v) is 8.63. The molecule has 2 aromatic carbocycles. The van der Waals surface area contributed by atoms with Crippen molar-refractivity contribution in [1.29, 1.82) is 5.26 Å². The van der Waals surface area contributed by atoms with Gasteiger partial charge in [0.05, 0.1) is 17.3 Å². The van der Waals surface area contributed by atoms with E-state index in [1.165, 1.54) is 17.3 Å². The summed E-state index contributed by atoms with van der Waals surface area (Å²) >= 11 is 1.27. The Hall–Kier alpha value is -3.24. The predicted octanol–water partition coefficient (Wildman–Crippen LogP) is 4.22. The zero-order valence-corrected chi connectivity index (χ0v) is 17.2. The highest BCUT2D eigenvalue weighted by molar-refractivity contribution is 7.99. The average molecular weight is 401 g/mol. The van der Waals surface area contributed by atoms with Crippen LogP contribution >= 0.6 is 11.8 Å². The maximum atomic E-state index is 12.8. The Morgan fingerprint density at radius 1 is 1.07 bits per heavy atom. The molecule has 0 bridgehead atoms. The minimum absolute atomic E-state index is 0.0204. The summed E-state index contributed by atoms with van der Waals surface area (Å²) in [6.45, 7) is 6.42. The van der Waals surface area contributed by atoms with E-state index in [9.17, 15) is 4.79 Å². The number of hydrogen-bond acceptors (Lipinski definition) is 6. The fourth-order valence-corrected chi connectivity index (χ4v) is 3.71. The van der Waals surface area contributed by atoms with E-state index in [0.717, 1.165) is 5.39 Å². The van der Waals surface area contributed by atoms with Crippen LogP contribution in [0.4, 0.5) is 0 Å². The van der Waals surface area contributed by atoms with Crippen molar-refractivity contribution in [1.82, 2.24) is 19.6 Å². The van der Waals surface area contributed by atoms with Crippen LogP contribution in [0.25, 0.3) is 27.8 Å². The fraction of sp³-hybridized carbons (Fsp3) is 0.227. The van der Waals surface area contributed by atoms with E-state index in [-0.39, 0.29) is 22.4 Å². The van der Waals surface area contributed by atoms with E-state index in [2.05, 4.69) is 41.9 Å². The monoisotopic (exact) mass is 401 g/mol. The Kier molecular flexibility index (Phi) is 4.81. The van der Waals surface area contributed by atoms with Crippen LogP contribution in [-0.2, 0) is 5.41 Å². The van der Waals surface area contributed by atoms with Crippen LogP contribution in [0.15, 0.2) is 58.5 Å². The molecular weight excluding hydrogens is 382 g/mol. The number of benzene rings is 2. The number of fused-ring (bicyclic) bond motifs is 3. The predicted molar refractivity (Wildman–Crippen MR) is 115 cm³/mol. The fourth-order valence-electron chi connectivity index (χ4n) is 3.10. The van der Waals surface area contributed by atoms with Crippen LogP contribution in [0.5, 0.6) is 0 Å². The van der Waals surface area contributed by atoms with Crippen molar-refractivity contribution >= 4 is 28.3 Å². The normalized spacial score (nSPS) is 11.7. The Morgan fingerprint density at radius 3 is 2.48 bits per heavy atom. The second kappa shape index (κ2) is 7.30. The largest absolute Gasteiger partial charge is 0.300 e. The first-order chi connectivity index (χ1) is 13.9. The highest BCUT2D eigenvalue weighted by atomic mass is 32.2. The smallest absolute Gasteiger partial charge is 0.265 e. The van der Waals surface area contributed by atoms with Gasteiger partial charge in [-0.05, 0) is 23.1 Å². The van der Waals surface area contributed by atoms with Crippen LogP contribution in [0, 0.1) is 11.3 Å². The summed E-state index contributed by atoms with van der Waals surface area (Å²) in [7, 11) is 0. The third kappa shape index (κ3) is 3.59. The van der Waals surface area contributed by atoms with Crippen molar-refractivity contribution < 1.29 is 0 Å². The standard InChI is InChI=1S/C22H19N5OS/c1-22(2,3)15-10-8-14(9-11-15)18-20(28)25-19-16-6-4-5-7-17(16)24-21(27(19)26-18)29-13-12-23/h4-11H,13H2,1-3H3. The third-order valence-corrected chi connectivity index (χ3v) is 5.44. The van der Waals surface area contributed by atoms with Gasteiger partial charge in [-0.2, -0.15) is 19.9 Å². The van der Waals surface area contributed by atoms with Gasteiger partial charge in [-0.1, -0.05) is 68.9 Å². The SMILES string of the molecule is CC(C)(C)c1ccc(-c2nn3c(SCC#N)nc4ccccc4c3nc2=O)cc1. The zero-order chi connectivity index (χ0) is 20.6. The maximum absolute atomic E-state index is 12.8. The van der Waals surface area contributed by atoms with Crippen molar-refractivity contribution in [2.45, 2.75) is 31.3 Å². The molecule has 0 unspecified atom stereocenters. The Labute approximate surface area is 172 Å². The molecule has 0 radical (unpaired) electrons. The number of thioether (sulfide) groups is 1. The van der Waals surface area contributed by atoms with Crippen LogP contribution in [0.2, 0.25) is 0 Å². The van der Waals surface area contributed by atoms with Gasteiger partial charge in [0.1, 0.15) is 0 Å². The zero-order valence-electron chi connectivity index (χ0n) is 16.4. The molecule has 0 aliphatic rings. The Morgan fingerprint density at radius 2 is 1.79 bits per heavy atom. The number of nitrogens with zero attached hydrogens (tertiary/aromatic N) is 5. The summed E-state index contributed by atoms with van der Waals surface area (Å²) in [4.78, 5) is 21.8. The second-order valence-electron chi connectivity index (χ2n) is 7.69. The number of nitriles is 1. The molecule has 0 saturated carbocycles. The number of aromatic nitrogens is 4. The van der Waals surface area contributed by atoms with Crippen LogP contribution in [0.1, 0.15) is 26.3 Å². The summed E-state index contributed by atoms with van der Waals surface area (Å²) in [6.07, 6.45) is 0. The summed E-state index contributed by atoms with van der Waals surface area (Å²) in [6, 6.07) is 17.4. The molecule has 29 heavy (non-hydrogen) atoms. The molecule has 144 valence electrons. The molecule has 2 aromatic heterocycles. The van der Waals surface area contributed by atoms with E-state index < -0.39 is 0 Å². The van der Waals surface area contributed by atoms with Gasteiger partial charge in [0.2, 0.25) is 0 Å². The average Bonchev–Trinajstić information content (AvgIpc) is 2.71. The first-order valence-corrected chi connectivity index (χ1v) is 10.2. The lowest BCUT2D eigenvalue weighted by Gasteiger charge is -2.19. The van der Waals surface area contributed by atoms with Crippen molar-refractivity contribution in [3.8, 4) is 17.3 Å². The van der Waals surface area contributed by atoms with E-state index >= 15 is 0 Å². The van der Waals surface area contributed by atoms with Crippen molar-refractivity contribution in [3.05, 3.63) is 64.4 Å². The third-order valence-electron chi connectivity index (χ3n) is 4.64. The molecule has 0 N–H and O–H groups in total. The van der Waals surface area contributed by atoms with Crippen molar-refractivity contribution in [2.75, 3.05) is 5.75 Å². The van der Waals surface area contributed by atoms with E-state index in [4.69, 9.17) is 5.26 Å².